The van der Waals surface area contributed by atoms with Crippen LogP contribution < -0.4 is 5.32 Å². The molecule has 4 rings (SSSR count). The van der Waals surface area contributed by atoms with Crippen molar-refractivity contribution >= 4 is 11.6 Å². The molecule has 0 saturated carbocycles. The summed E-state index contributed by atoms with van der Waals surface area (Å²) in [5, 5.41) is 13.3. The van der Waals surface area contributed by atoms with Gasteiger partial charge in [0.1, 0.15) is 0 Å². The van der Waals surface area contributed by atoms with Gasteiger partial charge in [-0.25, -0.2) is 0 Å². The molecule has 3 unspecified atom stereocenters. The van der Waals surface area contributed by atoms with E-state index in [0.29, 0.717) is 37.1 Å². The van der Waals surface area contributed by atoms with Gasteiger partial charge < -0.3 is 10.4 Å². The number of hydrogen-bond acceptors (Lipinski definition) is 4. The highest BCUT2D eigenvalue weighted by Crippen LogP contribution is 2.49. The molecule has 4 nitrogen and oxygen atoms in total. The molecule has 0 aromatic heterocycles. The highest BCUT2D eigenvalue weighted by atomic mass is 16.3. The van der Waals surface area contributed by atoms with Crippen LogP contribution in [0.3, 0.4) is 0 Å². The first-order valence-electron chi connectivity index (χ1n) is 11.0. The van der Waals surface area contributed by atoms with E-state index in [4.69, 9.17) is 0 Å². The Balaban J connectivity index is 1.78. The largest absolute Gasteiger partial charge is 0.396 e. The summed E-state index contributed by atoms with van der Waals surface area (Å²) in [6.45, 7) is 1.07. The molecule has 31 heavy (non-hydrogen) atoms. The zero-order valence-electron chi connectivity index (χ0n) is 17.6. The standard InChI is InChI=1S/C27H29NO3/c29-17-16-27(14-8-3-9-15-27)24-22(25(30)20-10-4-1-5-11-20)18-28-19-23(24)26(31)21-12-6-2-7-13-21/h1-14,22-24,28-29H,15-19H2. The molecule has 0 amide bonds. The fourth-order valence-electron chi connectivity index (χ4n) is 5.36. The molecular formula is C27H29NO3. The summed E-state index contributed by atoms with van der Waals surface area (Å²) in [4.78, 5) is 27.3. The van der Waals surface area contributed by atoms with Crippen LogP contribution in [0, 0.1) is 23.2 Å². The molecule has 0 spiro atoms. The average Bonchev–Trinajstić information content (AvgIpc) is 2.84. The number of allylic oxidation sites excluding steroid dienone is 4. The van der Waals surface area contributed by atoms with Gasteiger partial charge in [-0.3, -0.25) is 9.59 Å². The van der Waals surface area contributed by atoms with Crippen molar-refractivity contribution in [2.45, 2.75) is 12.8 Å². The molecule has 2 aromatic carbocycles. The van der Waals surface area contributed by atoms with Crippen LogP contribution in [0.4, 0.5) is 0 Å². The number of carbonyl (C=O) groups is 2. The third kappa shape index (κ3) is 4.32. The Labute approximate surface area is 183 Å². The van der Waals surface area contributed by atoms with Crippen LogP contribution in [0.5, 0.6) is 0 Å². The molecule has 1 fully saturated rings. The molecule has 2 aromatic rings. The van der Waals surface area contributed by atoms with Crippen LogP contribution in [0.15, 0.2) is 85.0 Å². The van der Waals surface area contributed by atoms with Gasteiger partial charge in [0.2, 0.25) is 0 Å². The predicted octanol–water partition coefficient (Wildman–Crippen LogP) is 4.09. The fourth-order valence-corrected chi connectivity index (χ4v) is 5.36. The van der Waals surface area contributed by atoms with E-state index in [1.165, 1.54) is 0 Å². The molecule has 4 heteroatoms. The van der Waals surface area contributed by atoms with Crippen molar-refractivity contribution in [2.75, 3.05) is 19.7 Å². The average molecular weight is 416 g/mol. The molecule has 0 radical (unpaired) electrons. The number of piperidine rings is 1. The second kappa shape index (κ2) is 9.54. The Bertz CT molecular complexity index is 907. The van der Waals surface area contributed by atoms with E-state index < -0.39 is 5.41 Å². The van der Waals surface area contributed by atoms with Gasteiger partial charge in [-0.1, -0.05) is 85.0 Å². The van der Waals surface area contributed by atoms with Gasteiger partial charge in [0.15, 0.2) is 11.6 Å². The van der Waals surface area contributed by atoms with Crippen molar-refractivity contribution in [3.8, 4) is 0 Å². The minimum atomic E-state index is -0.435. The number of benzene rings is 2. The Morgan fingerprint density at radius 3 is 1.87 bits per heavy atom. The minimum absolute atomic E-state index is 0.0145. The lowest BCUT2D eigenvalue weighted by molar-refractivity contribution is 0.0309. The van der Waals surface area contributed by atoms with Crippen molar-refractivity contribution < 1.29 is 14.7 Å². The van der Waals surface area contributed by atoms with Crippen LogP contribution in [0.2, 0.25) is 0 Å². The van der Waals surface area contributed by atoms with Gasteiger partial charge in [0.05, 0.1) is 0 Å². The maximum absolute atomic E-state index is 13.6. The second-order valence-electron chi connectivity index (χ2n) is 8.56. The van der Waals surface area contributed by atoms with Gasteiger partial charge in [-0.15, -0.1) is 0 Å². The van der Waals surface area contributed by atoms with Gasteiger partial charge in [-0.2, -0.15) is 0 Å². The van der Waals surface area contributed by atoms with Gasteiger partial charge in [-0.05, 0) is 24.2 Å². The lowest BCUT2D eigenvalue weighted by Crippen LogP contribution is -2.55. The van der Waals surface area contributed by atoms with Crippen molar-refractivity contribution in [1.82, 2.24) is 5.32 Å². The van der Waals surface area contributed by atoms with Crippen molar-refractivity contribution in [3.63, 3.8) is 0 Å². The van der Waals surface area contributed by atoms with E-state index in [-0.39, 0.29) is 35.9 Å². The number of nitrogens with one attached hydrogen (secondary N) is 1. The Hall–Kier alpha value is -2.82. The van der Waals surface area contributed by atoms with Crippen LogP contribution in [-0.2, 0) is 0 Å². The number of Topliss-reactive ketones (excluding diaryl/α,β-unsaturated/α-hetero) is 2. The molecule has 2 aliphatic rings. The highest BCUT2D eigenvalue weighted by Gasteiger charge is 2.51. The number of aliphatic hydroxyl groups excluding tert-OH is 1. The number of rotatable bonds is 7. The number of ketones is 2. The molecule has 1 heterocycles. The summed E-state index contributed by atoms with van der Waals surface area (Å²) < 4.78 is 0. The summed E-state index contributed by atoms with van der Waals surface area (Å²) >= 11 is 0. The Morgan fingerprint density at radius 2 is 1.42 bits per heavy atom. The molecule has 3 atom stereocenters. The topological polar surface area (TPSA) is 66.4 Å². The van der Waals surface area contributed by atoms with Gasteiger partial charge in [0, 0.05) is 42.7 Å². The zero-order valence-corrected chi connectivity index (χ0v) is 17.6. The summed E-state index contributed by atoms with van der Waals surface area (Å²) in [6.07, 6.45) is 9.44. The molecule has 0 bridgehead atoms. The van der Waals surface area contributed by atoms with E-state index in [1.807, 2.05) is 72.8 Å². The predicted molar refractivity (Wildman–Crippen MR) is 122 cm³/mol. The quantitative estimate of drug-likeness (QED) is 0.669. The molecular weight excluding hydrogens is 386 g/mol. The fraction of sp³-hybridized carbons (Fsp3) is 0.333. The first kappa shape index (κ1) is 21.4. The second-order valence-corrected chi connectivity index (χ2v) is 8.56. The first-order chi connectivity index (χ1) is 15.2. The summed E-state index contributed by atoms with van der Waals surface area (Å²) in [6, 6.07) is 18.7. The third-order valence-electron chi connectivity index (χ3n) is 6.80. The molecule has 1 aliphatic heterocycles. The first-order valence-corrected chi connectivity index (χ1v) is 11.0. The number of hydrogen-bond donors (Lipinski definition) is 2. The highest BCUT2D eigenvalue weighted by molar-refractivity contribution is 6.01. The lowest BCUT2D eigenvalue weighted by Gasteiger charge is -2.49. The molecule has 160 valence electrons. The molecule has 1 aliphatic carbocycles. The summed E-state index contributed by atoms with van der Waals surface area (Å²) in [5.74, 6) is -0.789. The normalized spacial score (nSPS) is 27.7. The maximum Gasteiger partial charge on any atom is 0.167 e. The van der Waals surface area contributed by atoms with Crippen molar-refractivity contribution in [2.24, 2.45) is 23.2 Å². The van der Waals surface area contributed by atoms with Gasteiger partial charge in [0.25, 0.3) is 0 Å². The molecule has 2 N–H and O–H groups in total. The van der Waals surface area contributed by atoms with Crippen LogP contribution >= 0.6 is 0 Å². The Morgan fingerprint density at radius 1 is 0.871 bits per heavy atom. The van der Waals surface area contributed by atoms with E-state index in [0.717, 1.165) is 0 Å². The number of aliphatic hydroxyl groups is 1. The lowest BCUT2D eigenvalue weighted by atomic mass is 9.56. The minimum Gasteiger partial charge on any atom is -0.396 e. The van der Waals surface area contributed by atoms with E-state index in [9.17, 15) is 14.7 Å². The summed E-state index contributed by atoms with van der Waals surface area (Å²) in [5.41, 5.74) is 0.902. The van der Waals surface area contributed by atoms with E-state index >= 15 is 0 Å². The smallest absolute Gasteiger partial charge is 0.167 e. The summed E-state index contributed by atoms with van der Waals surface area (Å²) in [7, 11) is 0. The maximum atomic E-state index is 13.6. The van der Waals surface area contributed by atoms with Crippen LogP contribution in [-0.4, -0.2) is 36.4 Å². The Kier molecular flexibility index (Phi) is 6.59. The van der Waals surface area contributed by atoms with Crippen LogP contribution in [0.1, 0.15) is 33.6 Å². The van der Waals surface area contributed by atoms with Crippen molar-refractivity contribution in [3.05, 3.63) is 96.1 Å². The van der Waals surface area contributed by atoms with Gasteiger partial charge >= 0.3 is 0 Å². The third-order valence-corrected chi connectivity index (χ3v) is 6.80. The van der Waals surface area contributed by atoms with Crippen molar-refractivity contribution in [1.29, 1.82) is 0 Å². The SMILES string of the molecule is O=C(c1ccccc1)C1CNCC(C(=O)c2ccccc2)C1C1(CCO)C=CC=CC1. The monoisotopic (exact) mass is 415 g/mol. The van der Waals surface area contributed by atoms with E-state index in [2.05, 4.69) is 17.5 Å². The van der Waals surface area contributed by atoms with E-state index in [1.54, 1.807) is 0 Å². The van der Waals surface area contributed by atoms with Crippen LogP contribution in [0.25, 0.3) is 0 Å². The zero-order chi connectivity index (χ0) is 21.7. The molecule has 1 saturated heterocycles. The number of carbonyl (C=O) groups excluding carboxylic acids is 2.